The molecule has 0 spiro atoms. The van der Waals surface area contributed by atoms with Crippen LogP contribution < -0.4 is 4.74 Å². The van der Waals surface area contributed by atoms with Gasteiger partial charge < -0.3 is 9.84 Å². The fourth-order valence-electron chi connectivity index (χ4n) is 1.61. The van der Waals surface area contributed by atoms with Crippen LogP contribution in [-0.2, 0) is 5.88 Å². The number of hydrogen-bond donors (Lipinski definition) is 1. The Bertz CT molecular complexity index is 324. The molecule has 0 aliphatic heterocycles. The number of aromatic hydroxyl groups is 1. The number of halogens is 1. The number of phenols is 1. The summed E-state index contributed by atoms with van der Waals surface area (Å²) < 4.78 is 5.29. The molecule has 1 rings (SSSR count). The summed E-state index contributed by atoms with van der Waals surface area (Å²) >= 11 is 5.82. The van der Waals surface area contributed by atoms with Gasteiger partial charge in [-0.2, -0.15) is 0 Å². The van der Waals surface area contributed by atoms with Crippen LogP contribution in [0.3, 0.4) is 0 Å². The molecule has 0 saturated heterocycles. The minimum absolute atomic E-state index is 0.318. The van der Waals surface area contributed by atoms with Crippen molar-refractivity contribution >= 4 is 11.6 Å². The van der Waals surface area contributed by atoms with Crippen LogP contribution in [0.25, 0.3) is 0 Å². The topological polar surface area (TPSA) is 29.5 Å². The molecule has 14 heavy (non-hydrogen) atoms. The molecule has 78 valence electrons. The summed E-state index contributed by atoms with van der Waals surface area (Å²) in [6.07, 6.45) is 0. The quantitative estimate of drug-likeness (QED) is 0.767. The normalized spacial score (nSPS) is 10.4. The van der Waals surface area contributed by atoms with E-state index in [1.807, 2.05) is 20.8 Å². The lowest BCUT2D eigenvalue weighted by molar-refractivity contribution is 0.403. The maximum atomic E-state index is 9.80. The number of benzene rings is 1. The first-order chi connectivity index (χ1) is 6.54. The van der Waals surface area contributed by atoms with E-state index in [4.69, 9.17) is 16.3 Å². The summed E-state index contributed by atoms with van der Waals surface area (Å²) in [5, 5.41) is 9.80. The molecule has 0 aromatic heterocycles. The number of ether oxygens (including phenoxy) is 1. The third-order valence-corrected chi connectivity index (χ3v) is 2.95. The van der Waals surface area contributed by atoms with Crippen molar-refractivity contribution in [1.82, 2.24) is 0 Å². The van der Waals surface area contributed by atoms with Gasteiger partial charge in [0, 0.05) is 5.56 Å². The second-order valence-corrected chi connectivity index (χ2v) is 3.64. The van der Waals surface area contributed by atoms with E-state index >= 15 is 0 Å². The predicted octanol–water partition coefficient (Wildman–Crippen LogP) is 3.06. The van der Waals surface area contributed by atoms with Crippen molar-refractivity contribution in [3.63, 3.8) is 0 Å². The Hall–Kier alpha value is -0.890. The average molecular weight is 215 g/mol. The van der Waals surface area contributed by atoms with Gasteiger partial charge in [-0.05, 0) is 37.5 Å². The van der Waals surface area contributed by atoms with Crippen molar-refractivity contribution in [3.05, 3.63) is 22.3 Å². The number of phenolic OH excluding ortho intramolecular Hbond substituents is 1. The van der Waals surface area contributed by atoms with Crippen LogP contribution in [0, 0.1) is 20.8 Å². The highest BCUT2D eigenvalue weighted by molar-refractivity contribution is 6.17. The molecule has 1 aromatic carbocycles. The number of hydrogen-bond acceptors (Lipinski definition) is 2. The second-order valence-electron chi connectivity index (χ2n) is 3.37. The van der Waals surface area contributed by atoms with E-state index in [0.29, 0.717) is 11.6 Å². The monoisotopic (exact) mass is 214 g/mol. The van der Waals surface area contributed by atoms with E-state index in [-0.39, 0.29) is 0 Å². The highest BCUT2D eigenvalue weighted by Gasteiger charge is 2.16. The maximum absolute atomic E-state index is 9.80. The molecule has 0 atom stereocenters. The lowest BCUT2D eigenvalue weighted by Crippen LogP contribution is -1.99. The molecule has 0 heterocycles. The Morgan fingerprint density at radius 2 is 1.71 bits per heavy atom. The first kappa shape index (κ1) is 11.2. The lowest BCUT2D eigenvalue weighted by Gasteiger charge is -2.16. The molecule has 0 aliphatic rings. The minimum Gasteiger partial charge on any atom is -0.507 e. The molecule has 0 fully saturated rings. The highest BCUT2D eigenvalue weighted by atomic mass is 35.5. The zero-order valence-corrected chi connectivity index (χ0v) is 9.70. The highest BCUT2D eigenvalue weighted by Crippen LogP contribution is 2.37. The van der Waals surface area contributed by atoms with Gasteiger partial charge in [0.1, 0.15) is 11.5 Å². The SMILES string of the molecule is COc1c(C)c(C)c(O)c(C)c1CCl. The Morgan fingerprint density at radius 1 is 1.14 bits per heavy atom. The lowest BCUT2D eigenvalue weighted by atomic mass is 9.98. The van der Waals surface area contributed by atoms with Gasteiger partial charge >= 0.3 is 0 Å². The summed E-state index contributed by atoms with van der Waals surface area (Å²) in [6.45, 7) is 5.64. The molecule has 3 heteroatoms. The molecule has 0 amide bonds. The van der Waals surface area contributed by atoms with Crippen molar-refractivity contribution in [2.45, 2.75) is 26.7 Å². The largest absolute Gasteiger partial charge is 0.507 e. The molecular formula is C11H15ClO2. The second kappa shape index (κ2) is 4.09. The van der Waals surface area contributed by atoms with Crippen molar-refractivity contribution in [3.8, 4) is 11.5 Å². The van der Waals surface area contributed by atoms with Gasteiger partial charge in [0.2, 0.25) is 0 Å². The zero-order valence-electron chi connectivity index (χ0n) is 8.94. The summed E-state index contributed by atoms with van der Waals surface area (Å²) in [4.78, 5) is 0. The van der Waals surface area contributed by atoms with E-state index in [1.165, 1.54) is 0 Å². The standard InChI is InChI=1S/C11H15ClO2/c1-6-7(2)11(14-4)9(5-12)8(3)10(6)13/h13H,5H2,1-4H3. The van der Waals surface area contributed by atoms with Gasteiger partial charge in [-0.25, -0.2) is 0 Å². The molecule has 1 N–H and O–H groups in total. The van der Waals surface area contributed by atoms with Gasteiger partial charge in [-0.3, -0.25) is 0 Å². The van der Waals surface area contributed by atoms with E-state index in [1.54, 1.807) is 7.11 Å². The van der Waals surface area contributed by atoms with Crippen LogP contribution in [0.5, 0.6) is 11.5 Å². The Kier molecular flexibility index (Phi) is 3.27. The van der Waals surface area contributed by atoms with E-state index in [9.17, 15) is 5.11 Å². The molecule has 0 bridgehead atoms. The van der Waals surface area contributed by atoms with Crippen molar-refractivity contribution in [2.24, 2.45) is 0 Å². The number of rotatable bonds is 2. The molecular weight excluding hydrogens is 200 g/mol. The Labute approximate surface area is 89.5 Å². The molecule has 1 aromatic rings. The van der Waals surface area contributed by atoms with Crippen LogP contribution in [0.15, 0.2) is 0 Å². The first-order valence-corrected chi connectivity index (χ1v) is 4.99. The summed E-state index contributed by atoms with van der Waals surface area (Å²) in [5.74, 6) is 1.45. The zero-order chi connectivity index (χ0) is 10.9. The fraction of sp³-hybridized carbons (Fsp3) is 0.455. The van der Waals surface area contributed by atoms with E-state index in [2.05, 4.69) is 0 Å². The molecule has 0 aliphatic carbocycles. The fourth-order valence-corrected chi connectivity index (χ4v) is 1.93. The molecule has 0 saturated carbocycles. The van der Waals surface area contributed by atoms with Crippen LogP contribution in [0.4, 0.5) is 0 Å². The van der Waals surface area contributed by atoms with Crippen LogP contribution in [-0.4, -0.2) is 12.2 Å². The van der Waals surface area contributed by atoms with Gasteiger partial charge in [-0.15, -0.1) is 11.6 Å². The third-order valence-electron chi connectivity index (χ3n) is 2.68. The number of alkyl halides is 1. The molecule has 0 radical (unpaired) electrons. The number of methoxy groups -OCH3 is 1. The van der Waals surface area contributed by atoms with Gasteiger partial charge in [0.15, 0.2) is 0 Å². The minimum atomic E-state index is 0.318. The van der Waals surface area contributed by atoms with Crippen molar-refractivity contribution in [2.75, 3.05) is 7.11 Å². The van der Waals surface area contributed by atoms with E-state index in [0.717, 1.165) is 28.0 Å². The maximum Gasteiger partial charge on any atom is 0.126 e. The van der Waals surface area contributed by atoms with Crippen molar-refractivity contribution in [1.29, 1.82) is 0 Å². The van der Waals surface area contributed by atoms with Crippen LogP contribution in [0.1, 0.15) is 22.3 Å². The molecule has 0 unspecified atom stereocenters. The van der Waals surface area contributed by atoms with Crippen LogP contribution >= 0.6 is 11.6 Å². The average Bonchev–Trinajstić information content (AvgIpc) is 2.20. The summed E-state index contributed by atoms with van der Waals surface area (Å²) in [7, 11) is 1.62. The summed E-state index contributed by atoms with van der Waals surface area (Å²) in [5.41, 5.74) is 3.48. The van der Waals surface area contributed by atoms with Gasteiger partial charge in [-0.1, -0.05) is 0 Å². The smallest absolute Gasteiger partial charge is 0.126 e. The Balaban J connectivity index is 3.57. The van der Waals surface area contributed by atoms with Gasteiger partial charge in [0.25, 0.3) is 0 Å². The van der Waals surface area contributed by atoms with Gasteiger partial charge in [0.05, 0.1) is 13.0 Å². The third kappa shape index (κ3) is 1.55. The summed E-state index contributed by atoms with van der Waals surface area (Å²) in [6, 6.07) is 0. The van der Waals surface area contributed by atoms with E-state index < -0.39 is 0 Å². The van der Waals surface area contributed by atoms with Crippen molar-refractivity contribution < 1.29 is 9.84 Å². The Morgan fingerprint density at radius 3 is 2.14 bits per heavy atom. The molecule has 2 nitrogen and oxygen atoms in total. The predicted molar refractivity (Wildman–Crippen MR) is 58.4 cm³/mol. The van der Waals surface area contributed by atoms with Crippen LogP contribution in [0.2, 0.25) is 0 Å². The first-order valence-electron chi connectivity index (χ1n) is 4.46.